The molecule has 1 aromatic heterocycles. The van der Waals surface area contributed by atoms with E-state index < -0.39 is 5.97 Å². The second kappa shape index (κ2) is 5.63. The molecule has 4 nitrogen and oxygen atoms in total. The zero-order valence-electron chi connectivity index (χ0n) is 11.1. The van der Waals surface area contributed by atoms with Crippen molar-refractivity contribution in [3.63, 3.8) is 0 Å². The molecule has 0 saturated carbocycles. The number of rotatable bonds is 4. The second-order valence-electron chi connectivity index (χ2n) is 4.95. The van der Waals surface area contributed by atoms with Gasteiger partial charge in [-0.2, -0.15) is 0 Å². The van der Waals surface area contributed by atoms with E-state index in [9.17, 15) is 4.79 Å². The van der Waals surface area contributed by atoms with Crippen molar-refractivity contribution < 1.29 is 9.90 Å². The van der Waals surface area contributed by atoms with Crippen molar-refractivity contribution in [2.45, 2.75) is 32.2 Å². The molecule has 0 fully saturated rings. The molecule has 0 bridgehead atoms. The average molecular weight is 288 g/mol. The number of aromatic nitrogens is 1. The van der Waals surface area contributed by atoms with Crippen molar-refractivity contribution in [3.8, 4) is 0 Å². The third kappa shape index (κ3) is 2.82. The summed E-state index contributed by atoms with van der Waals surface area (Å²) in [6, 6.07) is 6.94. The van der Waals surface area contributed by atoms with Crippen molar-refractivity contribution in [2.24, 2.45) is 0 Å². The molecule has 0 aliphatic heterocycles. The van der Waals surface area contributed by atoms with Gasteiger partial charge < -0.3 is 10.4 Å². The first-order chi connectivity index (χ1) is 9.72. The molecule has 0 radical (unpaired) electrons. The number of carbonyl (C=O) groups is 1. The number of benzene rings is 1. The Kier molecular flexibility index (Phi) is 3.69. The Labute approximate surface area is 121 Å². The first-order valence-electron chi connectivity index (χ1n) is 6.77. The fraction of sp³-hybridized carbons (Fsp3) is 0.333. The van der Waals surface area contributed by atoms with E-state index in [0.29, 0.717) is 12.1 Å². The zero-order valence-corrected chi connectivity index (χ0v) is 11.9. The SMILES string of the molecule is O=C(O)c1ccc(CNc2nc3c(s2)CCCC3)cc1. The third-order valence-electron chi connectivity index (χ3n) is 3.49. The van der Waals surface area contributed by atoms with Crippen molar-refractivity contribution in [3.05, 3.63) is 46.0 Å². The minimum atomic E-state index is -0.892. The summed E-state index contributed by atoms with van der Waals surface area (Å²) in [4.78, 5) is 16.8. The molecule has 0 spiro atoms. The quantitative estimate of drug-likeness (QED) is 0.906. The first-order valence-corrected chi connectivity index (χ1v) is 7.59. The number of fused-ring (bicyclic) bond motifs is 1. The molecule has 0 saturated heterocycles. The van der Waals surface area contributed by atoms with E-state index in [1.54, 1.807) is 23.5 Å². The summed E-state index contributed by atoms with van der Waals surface area (Å²) in [7, 11) is 0. The molecule has 0 atom stereocenters. The Morgan fingerprint density at radius 3 is 2.70 bits per heavy atom. The second-order valence-corrected chi connectivity index (χ2v) is 6.04. The fourth-order valence-electron chi connectivity index (χ4n) is 2.37. The van der Waals surface area contributed by atoms with Gasteiger partial charge in [0.05, 0.1) is 11.3 Å². The molecule has 2 aromatic rings. The van der Waals surface area contributed by atoms with Crippen LogP contribution in [0.4, 0.5) is 5.13 Å². The number of hydrogen-bond donors (Lipinski definition) is 2. The van der Waals surface area contributed by atoms with Gasteiger partial charge in [-0.15, -0.1) is 11.3 Å². The van der Waals surface area contributed by atoms with Gasteiger partial charge in [0.1, 0.15) is 0 Å². The van der Waals surface area contributed by atoms with Gasteiger partial charge in [0.15, 0.2) is 5.13 Å². The lowest BCUT2D eigenvalue weighted by atomic mass is 10.0. The van der Waals surface area contributed by atoms with E-state index in [4.69, 9.17) is 5.11 Å². The molecule has 0 unspecified atom stereocenters. The van der Waals surface area contributed by atoms with Crippen LogP contribution in [0.5, 0.6) is 0 Å². The number of carboxylic acid groups (broad SMARTS) is 1. The van der Waals surface area contributed by atoms with Crippen LogP contribution in [0.25, 0.3) is 0 Å². The molecule has 20 heavy (non-hydrogen) atoms. The molecule has 104 valence electrons. The molecule has 5 heteroatoms. The number of thiazole rings is 1. The number of aromatic carboxylic acids is 1. The summed E-state index contributed by atoms with van der Waals surface area (Å²) >= 11 is 1.75. The maximum absolute atomic E-state index is 10.8. The van der Waals surface area contributed by atoms with Crippen LogP contribution in [0, 0.1) is 0 Å². The molecular formula is C15H16N2O2S. The lowest BCUT2D eigenvalue weighted by molar-refractivity contribution is 0.0697. The summed E-state index contributed by atoms with van der Waals surface area (Å²) in [5.41, 5.74) is 2.63. The van der Waals surface area contributed by atoms with E-state index in [1.165, 1.54) is 23.4 Å². The van der Waals surface area contributed by atoms with Crippen LogP contribution in [-0.4, -0.2) is 16.1 Å². The highest BCUT2D eigenvalue weighted by molar-refractivity contribution is 7.15. The third-order valence-corrected chi connectivity index (χ3v) is 4.61. The Morgan fingerprint density at radius 2 is 2.00 bits per heavy atom. The summed E-state index contributed by atoms with van der Waals surface area (Å²) in [5.74, 6) is -0.892. The van der Waals surface area contributed by atoms with Gasteiger partial charge in [-0.3, -0.25) is 0 Å². The Morgan fingerprint density at radius 1 is 1.25 bits per heavy atom. The lowest BCUT2D eigenvalue weighted by Gasteiger charge is -2.06. The van der Waals surface area contributed by atoms with Crippen molar-refractivity contribution in [1.29, 1.82) is 0 Å². The van der Waals surface area contributed by atoms with Crippen molar-refractivity contribution >= 4 is 22.4 Å². The summed E-state index contributed by atoms with van der Waals surface area (Å²) in [6.07, 6.45) is 4.76. The van der Waals surface area contributed by atoms with E-state index in [-0.39, 0.29) is 0 Å². The van der Waals surface area contributed by atoms with Gasteiger partial charge in [-0.05, 0) is 43.4 Å². The monoisotopic (exact) mass is 288 g/mol. The highest BCUT2D eigenvalue weighted by atomic mass is 32.1. The van der Waals surface area contributed by atoms with Crippen LogP contribution < -0.4 is 5.32 Å². The van der Waals surface area contributed by atoms with Crippen molar-refractivity contribution in [1.82, 2.24) is 4.98 Å². The van der Waals surface area contributed by atoms with Crippen LogP contribution in [-0.2, 0) is 19.4 Å². The molecular weight excluding hydrogens is 272 g/mol. The minimum absolute atomic E-state index is 0.318. The largest absolute Gasteiger partial charge is 0.478 e. The molecule has 1 aliphatic carbocycles. The molecule has 0 amide bonds. The van der Waals surface area contributed by atoms with E-state index >= 15 is 0 Å². The van der Waals surface area contributed by atoms with Gasteiger partial charge in [0, 0.05) is 11.4 Å². The van der Waals surface area contributed by atoms with Gasteiger partial charge in [-0.25, -0.2) is 9.78 Å². The van der Waals surface area contributed by atoms with Gasteiger partial charge in [-0.1, -0.05) is 12.1 Å². The van der Waals surface area contributed by atoms with Gasteiger partial charge in [0.25, 0.3) is 0 Å². The maximum Gasteiger partial charge on any atom is 0.335 e. The predicted molar refractivity (Wildman–Crippen MR) is 79.5 cm³/mol. The smallest absolute Gasteiger partial charge is 0.335 e. The topological polar surface area (TPSA) is 62.2 Å². The van der Waals surface area contributed by atoms with Crippen LogP contribution in [0.1, 0.15) is 39.3 Å². The molecule has 1 aliphatic rings. The summed E-state index contributed by atoms with van der Waals surface area (Å²) < 4.78 is 0. The Hall–Kier alpha value is -1.88. The molecule has 3 rings (SSSR count). The summed E-state index contributed by atoms with van der Waals surface area (Å²) in [6.45, 7) is 0.673. The number of hydrogen-bond acceptors (Lipinski definition) is 4. The lowest BCUT2D eigenvalue weighted by Crippen LogP contribution is -2.01. The Bertz CT molecular complexity index is 596. The highest BCUT2D eigenvalue weighted by Gasteiger charge is 2.14. The number of nitrogens with zero attached hydrogens (tertiary/aromatic N) is 1. The normalized spacial score (nSPS) is 13.8. The predicted octanol–water partition coefficient (Wildman–Crippen LogP) is 3.33. The van der Waals surface area contributed by atoms with Crippen LogP contribution >= 0.6 is 11.3 Å². The number of carboxylic acids is 1. The van der Waals surface area contributed by atoms with Crippen LogP contribution in [0.2, 0.25) is 0 Å². The maximum atomic E-state index is 10.8. The van der Waals surface area contributed by atoms with E-state index in [0.717, 1.165) is 23.5 Å². The summed E-state index contributed by atoms with van der Waals surface area (Å²) in [5, 5.41) is 13.2. The number of nitrogens with one attached hydrogen (secondary N) is 1. The van der Waals surface area contributed by atoms with E-state index in [1.807, 2.05) is 12.1 Å². The minimum Gasteiger partial charge on any atom is -0.478 e. The van der Waals surface area contributed by atoms with Crippen molar-refractivity contribution in [2.75, 3.05) is 5.32 Å². The highest BCUT2D eigenvalue weighted by Crippen LogP contribution is 2.29. The standard InChI is InChI=1S/C15H16N2O2S/c18-14(19)11-7-5-10(6-8-11)9-16-15-17-12-3-1-2-4-13(12)20-15/h5-8H,1-4,9H2,(H,16,17)(H,18,19). The van der Waals surface area contributed by atoms with Crippen LogP contribution in [0.15, 0.2) is 24.3 Å². The number of aryl methyl sites for hydroxylation is 2. The average Bonchev–Trinajstić information content (AvgIpc) is 2.88. The Balaban J connectivity index is 1.64. The van der Waals surface area contributed by atoms with E-state index in [2.05, 4.69) is 10.3 Å². The molecule has 1 aromatic carbocycles. The van der Waals surface area contributed by atoms with Crippen LogP contribution in [0.3, 0.4) is 0 Å². The first kappa shape index (κ1) is 13.1. The molecule has 1 heterocycles. The van der Waals surface area contributed by atoms with Gasteiger partial charge in [0.2, 0.25) is 0 Å². The zero-order chi connectivity index (χ0) is 13.9. The number of anilines is 1. The fourth-order valence-corrected chi connectivity index (χ4v) is 3.42. The molecule has 2 N–H and O–H groups in total. The van der Waals surface area contributed by atoms with Gasteiger partial charge >= 0.3 is 5.97 Å².